The molecule has 3 rings (SSSR count). The number of pyridine rings is 1. The number of amides is 1. The van der Waals surface area contributed by atoms with E-state index < -0.39 is 0 Å². The summed E-state index contributed by atoms with van der Waals surface area (Å²) in [6.07, 6.45) is 5.39. The van der Waals surface area contributed by atoms with E-state index >= 15 is 0 Å². The van der Waals surface area contributed by atoms with Crippen LogP contribution in [0, 0.1) is 6.92 Å². The van der Waals surface area contributed by atoms with Crippen molar-refractivity contribution in [3.63, 3.8) is 0 Å². The Hall–Kier alpha value is -2.96. The van der Waals surface area contributed by atoms with Gasteiger partial charge >= 0.3 is 0 Å². The van der Waals surface area contributed by atoms with E-state index in [0.29, 0.717) is 12.3 Å². The summed E-state index contributed by atoms with van der Waals surface area (Å²) in [5.74, 6) is 0.334. The molecule has 112 valence electrons. The van der Waals surface area contributed by atoms with Gasteiger partial charge in [0.05, 0.1) is 11.9 Å². The molecule has 0 unspecified atom stereocenters. The van der Waals surface area contributed by atoms with Crippen molar-refractivity contribution in [2.75, 3.05) is 0 Å². The quantitative estimate of drug-likeness (QED) is 0.792. The van der Waals surface area contributed by atoms with Gasteiger partial charge in [-0.15, -0.1) is 0 Å². The van der Waals surface area contributed by atoms with E-state index in [1.807, 2.05) is 25.4 Å². The first kappa shape index (κ1) is 14.0. The van der Waals surface area contributed by atoms with E-state index in [9.17, 15) is 4.79 Å². The summed E-state index contributed by atoms with van der Waals surface area (Å²) in [5.41, 5.74) is 2.98. The lowest BCUT2D eigenvalue weighted by Gasteiger charge is -2.03. The average molecular weight is 297 g/mol. The van der Waals surface area contributed by atoms with Crippen molar-refractivity contribution < 1.29 is 9.32 Å². The van der Waals surface area contributed by atoms with Crippen LogP contribution in [0.25, 0.3) is 11.3 Å². The molecule has 0 aliphatic carbocycles. The maximum atomic E-state index is 11.9. The number of carbonyl (C=O) groups is 1. The molecule has 0 atom stereocenters. The van der Waals surface area contributed by atoms with E-state index in [2.05, 4.69) is 20.6 Å². The highest BCUT2D eigenvalue weighted by Gasteiger charge is 2.10. The third kappa shape index (κ3) is 3.03. The smallest absolute Gasteiger partial charge is 0.273 e. The maximum absolute atomic E-state index is 11.9. The standard InChI is InChI=1S/C15H15N5O2/c1-10-5-14(19-22-10)15(21)17-7-11-3-4-13(16-6-11)12-8-18-20(2)9-12/h3-6,8-9H,7H2,1-2H3,(H,17,21). The third-order valence-corrected chi connectivity index (χ3v) is 3.14. The molecule has 0 radical (unpaired) electrons. The Morgan fingerprint density at radius 1 is 1.36 bits per heavy atom. The minimum atomic E-state index is -0.270. The second-order valence-electron chi connectivity index (χ2n) is 4.96. The molecule has 7 nitrogen and oxygen atoms in total. The summed E-state index contributed by atoms with van der Waals surface area (Å²) in [6.45, 7) is 2.12. The van der Waals surface area contributed by atoms with Crippen LogP contribution in [0.3, 0.4) is 0 Å². The number of nitrogens with zero attached hydrogens (tertiary/aromatic N) is 4. The molecule has 0 saturated heterocycles. The van der Waals surface area contributed by atoms with Gasteiger partial charge in [0, 0.05) is 37.6 Å². The van der Waals surface area contributed by atoms with Crippen LogP contribution >= 0.6 is 0 Å². The van der Waals surface area contributed by atoms with Crippen LogP contribution in [-0.4, -0.2) is 25.8 Å². The fourth-order valence-electron chi connectivity index (χ4n) is 2.00. The summed E-state index contributed by atoms with van der Waals surface area (Å²) in [5, 5.41) is 10.6. The van der Waals surface area contributed by atoms with Crippen LogP contribution in [0.2, 0.25) is 0 Å². The Bertz CT molecular complexity index is 788. The molecular formula is C15H15N5O2. The SMILES string of the molecule is Cc1cc(C(=O)NCc2ccc(-c3cnn(C)c3)nc2)no1. The van der Waals surface area contributed by atoms with Gasteiger partial charge in [0.2, 0.25) is 0 Å². The van der Waals surface area contributed by atoms with Gasteiger partial charge in [0.25, 0.3) is 5.91 Å². The first-order valence-corrected chi connectivity index (χ1v) is 6.77. The molecule has 0 spiro atoms. The van der Waals surface area contributed by atoms with Gasteiger partial charge in [-0.25, -0.2) is 0 Å². The zero-order valence-corrected chi connectivity index (χ0v) is 12.3. The monoisotopic (exact) mass is 297 g/mol. The lowest BCUT2D eigenvalue weighted by atomic mass is 10.2. The van der Waals surface area contributed by atoms with Crippen LogP contribution in [0.4, 0.5) is 0 Å². The summed E-state index contributed by atoms with van der Waals surface area (Å²) in [4.78, 5) is 16.2. The molecule has 1 amide bonds. The first-order chi connectivity index (χ1) is 10.6. The Morgan fingerprint density at radius 2 is 2.23 bits per heavy atom. The number of rotatable bonds is 4. The molecule has 3 aromatic heterocycles. The molecule has 0 aliphatic heterocycles. The van der Waals surface area contributed by atoms with E-state index in [1.165, 1.54) is 0 Å². The largest absolute Gasteiger partial charge is 0.361 e. The molecule has 0 bridgehead atoms. The predicted octanol–water partition coefficient (Wildman–Crippen LogP) is 1.71. The molecule has 22 heavy (non-hydrogen) atoms. The van der Waals surface area contributed by atoms with Crippen molar-refractivity contribution in [2.24, 2.45) is 7.05 Å². The molecule has 0 saturated carbocycles. The van der Waals surface area contributed by atoms with Crippen molar-refractivity contribution in [1.29, 1.82) is 0 Å². The third-order valence-electron chi connectivity index (χ3n) is 3.14. The van der Waals surface area contributed by atoms with E-state index in [-0.39, 0.29) is 11.6 Å². The number of nitrogens with one attached hydrogen (secondary N) is 1. The molecule has 0 aromatic carbocycles. The van der Waals surface area contributed by atoms with Gasteiger partial charge < -0.3 is 9.84 Å². The molecule has 3 aromatic rings. The summed E-state index contributed by atoms with van der Waals surface area (Å²) in [6, 6.07) is 5.42. The van der Waals surface area contributed by atoms with E-state index in [1.54, 1.807) is 30.1 Å². The Balaban J connectivity index is 1.63. The second kappa shape index (κ2) is 5.80. The minimum Gasteiger partial charge on any atom is -0.361 e. The first-order valence-electron chi connectivity index (χ1n) is 6.77. The average Bonchev–Trinajstić information content (AvgIpc) is 3.14. The maximum Gasteiger partial charge on any atom is 0.273 e. The molecule has 0 aliphatic rings. The highest BCUT2D eigenvalue weighted by molar-refractivity contribution is 5.92. The van der Waals surface area contributed by atoms with Crippen molar-refractivity contribution in [1.82, 2.24) is 25.2 Å². The topological polar surface area (TPSA) is 85.8 Å². The number of hydrogen-bond acceptors (Lipinski definition) is 5. The van der Waals surface area contributed by atoms with E-state index in [0.717, 1.165) is 16.8 Å². The van der Waals surface area contributed by atoms with Gasteiger partial charge in [-0.2, -0.15) is 5.10 Å². The zero-order chi connectivity index (χ0) is 15.5. The van der Waals surface area contributed by atoms with Gasteiger partial charge in [-0.3, -0.25) is 14.5 Å². The number of aromatic nitrogens is 4. The number of hydrogen-bond donors (Lipinski definition) is 1. The van der Waals surface area contributed by atoms with Crippen LogP contribution < -0.4 is 5.32 Å². The van der Waals surface area contributed by atoms with Gasteiger partial charge in [-0.1, -0.05) is 11.2 Å². The predicted molar refractivity (Wildman–Crippen MR) is 78.8 cm³/mol. The molecule has 7 heteroatoms. The molecule has 1 N–H and O–H groups in total. The van der Waals surface area contributed by atoms with Crippen molar-refractivity contribution in [3.8, 4) is 11.3 Å². The van der Waals surface area contributed by atoms with Crippen LogP contribution in [0.5, 0.6) is 0 Å². The normalized spacial score (nSPS) is 10.6. The second-order valence-corrected chi connectivity index (χ2v) is 4.96. The summed E-state index contributed by atoms with van der Waals surface area (Å²) >= 11 is 0. The molecular weight excluding hydrogens is 282 g/mol. The van der Waals surface area contributed by atoms with Gasteiger partial charge in [0.1, 0.15) is 5.76 Å². The van der Waals surface area contributed by atoms with Crippen LogP contribution in [0.15, 0.2) is 41.3 Å². The summed E-state index contributed by atoms with van der Waals surface area (Å²) in [7, 11) is 1.86. The van der Waals surface area contributed by atoms with Gasteiger partial charge in [-0.05, 0) is 18.6 Å². The van der Waals surface area contributed by atoms with Crippen LogP contribution in [0.1, 0.15) is 21.8 Å². The van der Waals surface area contributed by atoms with E-state index in [4.69, 9.17) is 4.52 Å². The number of aryl methyl sites for hydroxylation is 2. The Labute approximate surface area is 127 Å². The van der Waals surface area contributed by atoms with Crippen molar-refractivity contribution in [2.45, 2.75) is 13.5 Å². The van der Waals surface area contributed by atoms with Crippen molar-refractivity contribution >= 4 is 5.91 Å². The number of carbonyl (C=O) groups excluding carboxylic acids is 1. The van der Waals surface area contributed by atoms with Crippen LogP contribution in [-0.2, 0) is 13.6 Å². The minimum absolute atomic E-state index is 0.270. The molecule has 3 heterocycles. The van der Waals surface area contributed by atoms with Gasteiger partial charge in [0.15, 0.2) is 5.69 Å². The highest BCUT2D eigenvalue weighted by atomic mass is 16.5. The highest BCUT2D eigenvalue weighted by Crippen LogP contribution is 2.15. The molecule has 0 fully saturated rings. The zero-order valence-electron chi connectivity index (χ0n) is 12.3. The lowest BCUT2D eigenvalue weighted by Crippen LogP contribution is -2.23. The van der Waals surface area contributed by atoms with Crippen molar-refractivity contribution in [3.05, 3.63) is 53.8 Å². The lowest BCUT2D eigenvalue weighted by molar-refractivity contribution is 0.0942. The fourth-order valence-corrected chi connectivity index (χ4v) is 2.00. The Morgan fingerprint density at radius 3 is 2.82 bits per heavy atom. The summed E-state index contributed by atoms with van der Waals surface area (Å²) < 4.78 is 6.60. The fraction of sp³-hybridized carbons (Fsp3) is 0.200. The Kier molecular flexibility index (Phi) is 3.69.